The summed E-state index contributed by atoms with van der Waals surface area (Å²) in [5.74, 6) is 1.54. The number of nitrogens with one attached hydrogen (secondary N) is 1. The van der Waals surface area contributed by atoms with Gasteiger partial charge in [0.2, 0.25) is 11.7 Å². The Bertz CT molecular complexity index is 1170. The molecule has 0 radical (unpaired) electrons. The molecule has 26 heavy (non-hydrogen) atoms. The van der Waals surface area contributed by atoms with E-state index in [0.29, 0.717) is 5.95 Å². The zero-order valence-corrected chi connectivity index (χ0v) is 14.1. The lowest BCUT2D eigenvalue weighted by atomic mass is 10.2. The van der Waals surface area contributed by atoms with Crippen molar-refractivity contribution in [1.29, 1.82) is 0 Å². The van der Waals surface area contributed by atoms with Crippen LogP contribution in [0.4, 0.5) is 11.6 Å². The van der Waals surface area contributed by atoms with Crippen LogP contribution in [0.3, 0.4) is 0 Å². The molecular weight excluding hydrogens is 322 g/mol. The second-order valence-electron chi connectivity index (χ2n) is 6.21. The zero-order chi connectivity index (χ0) is 17.3. The second-order valence-corrected chi connectivity index (χ2v) is 6.21. The molecule has 0 fully saturated rings. The maximum absolute atomic E-state index is 4.46. The summed E-state index contributed by atoms with van der Waals surface area (Å²) in [6.45, 7) is 0.751. The van der Waals surface area contributed by atoms with E-state index in [1.54, 1.807) is 0 Å². The molecule has 5 heteroatoms. The number of nitrogens with zero attached hydrogens (tertiary/aromatic N) is 4. The molecule has 3 aromatic carbocycles. The Kier molecular flexibility index (Phi) is 3.42. The minimum atomic E-state index is 0.717. The fourth-order valence-electron chi connectivity index (χ4n) is 3.32. The van der Waals surface area contributed by atoms with Crippen molar-refractivity contribution in [3.05, 3.63) is 90.5 Å². The molecule has 0 atom stereocenters. The Labute approximate surface area is 150 Å². The molecule has 2 heterocycles. The monoisotopic (exact) mass is 339 g/mol. The number of para-hydroxylation sites is 3. The molecule has 126 valence electrons. The van der Waals surface area contributed by atoms with Gasteiger partial charge in [0.15, 0.2) is 0 Å². The van der Waals surface area contributed by atoms with Gasteiger partial charge in [-0.3, -0.25) is 0 Å². The van der Waals surface area contributed by atoms with Crippen molar-refractivity contribution >= 4 is 28.4 Å². The number of imidazole rings is 1. The molecule has 0 saturated carbocycles. The first-order chi connectivity index (χ1) is 12.9. The number of rotatable bonds is 4. The number of hydrogen-bond acceptors (Lipinski definition) is 3. The highest BCUT2D eigenvalue weighted by Gasteiger charge is 2.16. The molecule has 2 aromatic heterocycles. The van der Waals surface area contributed by atoms with Crippen LogP contribution in [0.1, 0.15) is 5.56 Å². The van der Waals surface area contributed by atoms with Crippen LogP contribution < -0.4 is 5.32 Å². The smallest absolute Gasteiger partial charge is 0.238 e. The highest BCUT2D eigenvalue weighted by molar-refractivity contribution is 5.83. The molecule has 1 N–H and O–H groups in total. The summed E-state index contributed by atoms with van der Waals surface area (Å²) < 4.78 is 4.28. The van der Waals surface area contributed by atoms with Crippen molar-refractivity contribution in [3.8, 4) is 0 Å². The largest absolute Gasteiger partial charge is 0.324 e. The van der Waals surface area contributed by atoms with E-state index in [1.807, 2.05) is 42.5 Å². The van der Waals surface area contributed by atoms with Gasteiger partial charge in [-0.15, -0.1) is 10.2 Å². The van der Waals surface area contributed by atoms with Crippen LogP contribution >= 0.6 is 0 Å². The molecule has 0 aliphatic heterocycles. The first-order valence-corrected chi connectivity index (χ1v) is 8.58. The summed E-state index contributed by atoms with van der Waals surface area (Å²) in [6.07, 6.45) is 0. The Morgan fingerprint density at radius 3 is 2.12 bits per heavy atom. The van der Waals surface area contributed by atoms with Gasteiger partial charge >= 0.3 is 0 Å². The van der Waals surface area contributed by atoms with Crippen molar-refractivity contribution in [2.75, 3.05) is 5.32 Å². The standard InChI is InChI=1S/C21H17N5/c1-3-9-16(10-4-1)15-25-18-13-7-8-14-19(18)26-20(23-24-21(25)26)22-17-11-5-2-6-12-17/h1-14H,15H2,(H,22,23). The van der Waals surface area contributed by atoms with Gasteiger partial charge in [0, 0.05) is 5.69 Å². The third kappa shape index (κ3) is 2.41. The van der Waals surface area contributed by atoms with Crippen molar-refractivity contribution in [2.24, 2.45) is 0 Å². The third-order valence-electron chi connectivity index (χ3n) is 4.51. The van der Waals surface area contributed by atoms with Crippen molar-refractivity contribution in [2.45, 2.75) is 6.54 Å². The van der Waals surface area contributed by atoms with Crippen molar-refractivity contribution in [1.82, 2.24) is 19.2 Å². The number of hydrogen-bond donors (Lipinski definition) is 1. The number of aromatic nitrogens is 4. The van der Waals surface area contributed by atoms with Crippen molar-refractivity contribution in [3.63, 3.8) is 0 Å². The third-order valence-corrected chi connectivity index (χ3v) is 4.51. The first kappa shape index (κ1) is 14.7. The highest BCUT2D eigenvalue weighted by Crippen LogP contribution is 2.25. The average molecular weight is 339 g/mol. The normalized spacial score (nSPS) is 11.2. The predicted molar refractivity (Wildman–Crippen MR) is 104 cm³/mol. The topological polar surface area (TPSA) is 47.1 Å². The van der Waals surface area contributed by atoms with Crippen LogP contribution in [0.5, 0.6) is 0 Å². The molecule has 0 aliphatic carbocycles. The molecule has 0 spiro atoms. The lowest BCUT2D eigenvalue weighted by Gasteiger charge is -2.04. The minimum Gasteiger partial charge on any atom is -0.324 e. The van der Waals surface area contributed by atoms with Crippen LogP contribution in [0.2, 0.25) is 0 Å². The Morgan fingerprint density at radius 2 is 1.35 bits per heavy atom. The Hall–Kier alpha value is -3.60. The summed E-state index contributed by atoms with van der Waals surface area (Å²) in [7, 11) is 0. The molecule has 0 aliphatic rings. The number of benzene rings is 3. The van der Waals surface area contributed by atoms with E-state index in [-0.39, 0.29) is 0 Å². The van der Waals surface area contributed by atoms with E-state index < -0.39 is 0 Å². The van der Waals surface area contributed by atoms with Gasteiger partial charge in [-0.05, 0) is 29.8 Å². The maximum Gasteiger partial charge on any atom is 0.238 e. The van der Waals surface area contributed by atoms with E-state index in [0.717, 1.165) is 29.0 Å². The Morgan fingerprint density at radius 1 is 0.692 bits per heavy atom. The first-order valence-electron chi connectivity index (χ1n) is 8.58. The molecule has 0 unspecified atom stereocenters. The van der Waals surface area contributed by atoms with E-state index in [1.165, 1.54) is 5.56 Å². The van der Waals surface area contributed by atoms with E-state index in [4.69, 9.17) is 0 Å². The highest BCUT2D eigenvalue weighted by atomic mass is 15.4. The SMILES string of the molecule is c1ccc(Cn2c3ccccc3n3c(Nc4ccccc4)nnc23)cc1. The molecular formula is C21H17N5. The van der Waals surface area contributed by atoms with E-state index >= 15 is 0 Å². The lowest BCUT2D eigenvalue weighted by Crippen LogP contribution is -2.00. The quantitative estimate of drug-likeness (QED) is 0.525. The van der Waals surface area contributed by atoms with Crippen molar-refractivity contribution < 1.29 is 0 Å². The molecule has 0 bridgehead atoms. The summed E-state index contributed by atoms with van der Waals surface area (Å²) >= 11 is 0. The predicted octanol–water partition coefficient (Wildman–Crippen LogP) is 4.48. The van der Waals surface area contributed by atoms with Gasteiger partial charge < -0.3 is 9.88 Å². The average Bonchev–Trinajstić information content (AvgIpc) is 3.24. The van der Waals surface area contributed by atoms with Crippen LogP contribution in [-0.2, 0) is 6.54 Å². The summed E-state index contributed by atoms with van der Waals surface area (Å²) in [5, 5.41) is 12.2. The fraction of sp³-hybridized carbons (Fsp3) is 0.0476. The summed E-state index contributed by atoms with van der Waals surface area (Å²) in [5.41, 5.74) is 4.44. The molecule has 5 rings (SSSR count). The zero-order valence-electron chi connectivity index (χ0n) is 14.1. The van der Waals surface area contributed by atoms with Gasteiger partial charge in [-0.25, -0.2) is 4.40 Å². The fourth-order valence-corrected chi connectivity index (χ4v) is 3.32. The molecule has 5 nitrogen and oxygen atoms in total. The lowest BCUT2D eigenvalue weighted by molar-refractivity contribution is 0.839. The van der Waals surface area contributed by atoms with Crippen LogP contribution in [0.25, 0.3) is 16.8 Å². The van der Waals surface area contributed by atoms with E-state index in [9.17, 15) is 0 Å². The van der Waals surface area contributed by atoms with Crippen LogP contribution in [0, 0.1) is 0 Å². The molecule has 0 amide bonds. The van der Waals surface area contributed by atoms with Crippen LogP contribution in [-0.4, -0.2) is 19.2 Å². The minimum absolute atomic E-state index is 0.717. The second kappa shape index (κ2) is 6.04. The summed E-state index contributed by atoms with van der Waals surface area (Å²) in [6, 6.07) is 28.8. The number of fused-ring (bicyclic) bond motifs is 3. The molecule has 0 saturated heterocycles. The van der Waals surface area contributed by atoms with Gasteiger partial charge in [0.25, 0.3) is 0 Å². The van der Waals surface area contributed by atoms with Crippen LogP contribution in [0.15, 0.2) is 84.9 Å². The van der Waals surface area contributed by atoms with E-state index in [2.05, 4.69) is 66.9 Å². The molecule has 5 aromatic rings. The van der Waals surface area contributed by atoms with Gasteiger partial charge in [0.05, 0.1) is 17.6 Å². The van der Waals surface area contributed by atoms with Gasteiger partial charge in [0.1, 0.15) is 0 Å². The summed E-state index contributed by atoms with van der Waals surface area (Å²) in [4.78, 5) is 0. The number of anilines is 2. The Balaban J connectivity index is 1.68. The van der Waals surface area contributed by atoms with Gasteiger partial charge in [-0.2, -0.15) is 0 Å². The maximum atomic E-state index is 4.46. The van der Waals surface area contributed by atoms with Gasteiger partial charge in [-0.1, -0.05) is 60.7 Å².